The average Bonchev–Trinajstić information content (AvgIpc) is 3.20. The van der Waals surface area contributed by atoms with Crippen LogP contribution in [0.25, 0.3) is 0 Å². The second kappa shape index (κ2) is 5.08. The predicted octanol–water partition coefficient (Wildman–Crippen LogP) is 3.74. The highest BCUT2D eigenvalue weighted by atomic mass is 14.9. The maximum atomic E-state index is 3.87. The zero-order valence-electron chi connectivity index (χ0n) is 10.6. The standard InChI is InChI=1S/C15H27N/c1-2-5-12(4-1)6-3-11-16-15(13-7-8-13)14-9-10-14/h12-16H,1-11H2. The van der Waals surface area contributed by atoms with Gasteiger partial charge in [-0.25, -0.2) is 0 Å². The first-order chi connectivity index (χ1) is 7.93. The van der Waals surface area contributed by atoms with E-state index in [0.717, 1.165) is 23.8 Å². The van der Waals surface area contributed by atoms with Gasteiger partial charge in [-0.1, -0.05) is 25.7 Å². The Bertz CT molecular complexity index is 199. The molecule has 0 unspecified atom stereocenters. The van der Waals surface area contributed by atoms with Crippen LogP contribution in [-0.2, 0) is 0 Å². The van der Waals surface area contributed by atoms with Crippen LogP contribution in [0.1, 0.15) is 64.2 Å². The maximum Gasteiger partial charge on any atom is 0.0124 e. The molecule has 3 aliphatic rings. The fraction of sp³-hybridized carbons (Fsp3) is 1.00. The predicted molar refractivity (Wildman–Crippen MR) is 68.4 cm³/mol. The van der Waals surface area contributed by atoms with Crippen LogP contribution in [0.2, 0.25) is 0 Å². The minimum atomic E-state index is 0.920. The Labute approximate surface area is 100 Å². The smallest absolute Gasteiger partial charge is 0.0124 e. The molecule has 3 rings (SSSR count). The van der Waals surface area contributed by atoms with Crippen LogP contribution < -0.4 is 5.32 Å². The summed E-state index contributed by atoms with van der Waals surface area (Å²) in [6.07, 6.45) is 15.0. The third kappa shape index (κ3) is 3.00. The molecule has 1 N–H and O–H groups in total. The Morgan fingerprint density at radius 1 is 0.875 bits per heavy atom. The molecule has 0 radical (unpaired) electrons. The summed E-state index contributed by atoms with van der Waals surface area (Å²) in [6.45, 7) is 1.30. The first-order valence-corrected chi connectivity index (χ1v) is 7.67. The van der Waals surface area contributed by atoms with E-state index in [2.05, 4.69) is 5.32 Å². The number of hydrogen-bond donors (Lipinski definition) is 1. The van der Waals surface area contributed by atoms with Crippen molar-refractivity contribution in [3.05, 3.63) is 0 Å². The van der Waals surface area contributed by atoms with Crippen molar-refractivity contribution < 1.29 is 0 Å². The Kier molecular flexibility index (Phi) is 3.51. The highest BCUT2D eigenvalue weighted by molar-refractivity contribution is 4.96. The zero-order valence-corrected chi connectivity index (χ0v) is 10.6. The van der Waals surface area contributed by atoms with Gasteiger partial charge in [0.1, 0.15) is 0 Å². The molecule has 0 atom stereocenters. The summed E-state index contributed by atoms with van der Waals surface area (Å²) in [5.41, 5.74) is 0. The van der Waals surface area contributed by atoms with E-state index >= 15 is 0 Å². The van der Waals surface area contributed by atoms with Gasteiger partial charge in [0.15, 0.2) is 0 Å². The van der Waals surface area contributed by atoms with Crippen molar-refractivity contribution >= 4 is 0 Å². The molecule has 0 aromatic rings. The molecule has 0 amide bonds. The number of nitrogens with one attached hydrogen (secondary N) is 1. The molecule has 3 aliphatic carbocycles. The van der Waals surface area contributed by atoms with E-state index in [4.69, 9.17) is 0 Å². The van der Waals surface area contributed by atoms with Crippen molar-refractivity contribution in [1.29, 1.82) is 0 Å². The molecule has 1 nitrogen and oxygen atoms in total. The van der Waals surface area contributed by atoms with Gasteiger partial charge in [-0.3, -0.25) is 0 Å². The number of hydrogen-bond acceptors (Lipinski definition) is 1. The molecular weight excluding hydrogens is 194 g/mol. The summed E-state index contributed by atoms with van der Waals surface area (Å²) in [4.78, 5) is 0. The summed E-state index contributed by atoms with van der Waals surface area (Å²) in [5.74, 6) is 3.22. The van der Waals surface area contributed by atoms with E-state index in [-0.39, 0.29) is 0 Å². The van der Waals surface area contributed by atoms with Crippen LogP contribution in [0.15, 0.2) is 0 Å². The quantitative estimate of drug-likeness (QED) is 0.646. The normalized spacial score (nSPS) is 26.8. The van der Waals surface area contributed by atoms with Gasteiger partial charge in [0.2, 0.25) is 0 Å². The molecular formula is C15H27N. The van der Waals surface area contributed by atoms with Crippen LogP contribution in [0.5, 0.6) is 0 Å². The van der Waals surface area contributed by atoms with E-state index in [0.29, 0.717) is 0 Å². The average molecular weight is 221 g/mol. The molecule has 0 aromatic heterocycles. The van der Waals surface area contributed by atoms with Gasteiger partial charge in [0, 0.05) is 6.04 Å². The first-order valence-electron chi connectivity index (χ1n) is 7.67. The minimum absolute atomic E-state index is 0.920. The molecule has 0 spiro atoms. The second-order valence-electron chi connectivity index (χ2n) is 6.45. The Morgan fingerprint density at radius 3 is 2.06 bits per heavy atom. The lowest BCUT2D eigenvalue weighted by atomic mass is 10.0. The molecule has 3 saturated carbocycles. The van der Waals surface area contributed by atoms with Crippen molar-refractivity contribution in [3.63, 3.8) is 0 Å². The molecule has 92 valence electrons. The van der Waals surface area contributed by atoms with Gasteiger partial charge >= 0.3 is 0 Å². The topological polar surface area (TPSA) is 12.0 Å². The van der Waals surface area contributed by atoms with Gasteiger partial charge in [-0.15, -0.1) is 0 Å². The van der Waals surface area contributed by atoms with Crippen molar-refractivity contribution in [2.24, 2.45) is 17.8 Å². The van der Waals surface area contributed by atoms with Crippen LogP contribution in [-0.4, -0.2) is 12.6 Å². The fourth-order valence-electron chi connectivity index (χ4n) is 3.59. The SMILES string of the molecule is C1CCC(CCCNC(C2CC2)C2CC2)C1. The Hall–Kier alpha value is -0.0400. The van der Waals surface area contributed by atoms with Gasteiger partial charge < -0.3 is 5.32 Å². The van der Waals surface area contributed by atoms with Crippen molar-refractivity contribution in [1.82, 2.24) is 5.32 Å². The van der Waals surface area contributed by atoms with E-state index < -0.39 is 0 Å². The summed E-state index contributed by atoms with van der Waals surface area (Å²) in [6, 6.07) is 0.920. The zero-order chi connectivity index (χ0) is 10.8. The van der Waals surface area contributed by atoms with Crippen LogP contribution in [0.4, 0.5) is 0 Å². The summed E-state index contributed by atoms with van der Waals surface area (Å²) >= 11 is 0. The molecule has 16 heavy (non-hydrogen) atoms. The van der Waals surface area contributed by atoms with Gasteiger partial charge in [0.05, 0.1) is 0 Å². The molecule has 0 bridgehead atoms. The minimum Gasteiger partial charge on any atom is -0.313 e. The molecule has 0 aliphatic heterocycles. The fourth-order valence-corrected chi connectivity index (χ4v) is 3.59. The lowest BCUT2D eigenvalue weighted by Crippen LogP contribution is -2.33. The lowest BCUT2D eigenvalue weighted by molar-refractivity contribution is 0.394. The highest BCUT2D eigenvalue weighted by Crippen LogP contribution is 2.44. The third-order valence-corrected chi connectivity index (χ3v) is 4.90. The monoisotopic (exact) mass is 221 g/mol. The van der Waals surface area contributed by atoms with Crippen molar-refractivity contribution in [3.8, 4) is 0 Å². The van der Waals surface area contributed by atoms with Crippen molar-refractivity contribution in [2.75, 3.05) is 6.54 Å². The van der Waals surface area contributed by atoms with Crippen LogP contribution in [0.3, 0.4) is 0 Å². The maximum absolute atomic E-state index is 3.87. The van der Waals surface area contributed by atoms with Crippen molar-refractivity contribution in [2.45, 2.75) is 70.3 Å². The summed E-state index contributed by atoms with van der Waals surface area (Å²) in [5, 5.41) is 3.87. The van der Waals surface area contributed by atoms with Gasteiger partial charge in [0.25, 0.3) is 0 Å². The molecule has 0 saturated heterocycles. The third-order valence-electron chi connectivity index (χ3n) is 4.90. The Balaban J connectivity index is 1.29. The summed E-state index contributed by atoms with van der Waals surface area (Å²) < 4.78 is 0. The van der Waals surface area contributed by atoms with E-state index in [1.807, 2.05) is 0 Å². The second-order valence-corrected chi connectivity index (χ2v) is 6.45. The largest absolute Gasteiger partial charge is 0.313 e. The van der Waals surface area contributed by atoms with Crippen LogP contribution in [0, 0.1) is 17.8 Å². The first kappa shape index (κ1) is 11.1. The number of rotatable bonds is 7. The Morgan fingerprint density at radius 2 is 1.50 bits per heavy atom. The molecule has 1 heteroatoms. The van der Waals surface area contributed by atoms with Crippen LogP contribution >= 0.6 is 0 Å². The van der Waals surface area contributed by atoms with Gasteiger partial charge in [-0.2, -0.15) is 0 Å². The van der Waals surface area contributed by atoms with E-state index in [1.165, 1.54) is 70.8 Å². The highest BCUT2D eigenvalue weighted by Gasteiger charge is 2.40. The molecule has 0 aromatic carbocycles. The molecule has 0 heterocycles. The summed E-state index contributed by atoms with van der Waals surface area (Å²) in [7, 11) is 0. The van der Waals surface area contributed by atoms with Gasteiger partial charge in [-0.05, 0) is 62.8 Å². The van der Waals surface area contributed by atoms with E-state index in [9.17, 15) is 0 Å². The molecule has 3 fully saturated rings. The lowest BCUT2D eigenvalue weighted by Gasteiger charge is -2.18. The van der Waals surface area contributed by atoms with E-state index in [1.54, 1.807) is 0 Å².